The van der Waals surface area contributed by atoms with E-state index in [-0.39, 0.29) is 23.6 Å². The SMILES string of the molecule is CC.NC(=O)c1ccc(Nc2nc(NCCOCCOCCNC(=O)c3ccccc3)nc(Nc3ccc(O)cc3)n2)cc1. The molecule has 232 valence electrons. The van der Waals surface area contributed by atoms with Crippen molar-refractivity contribution in [2.75, 3.05) is 55.5 Å². The monoisotopic (exact) mass is 602 g/mol. The van der Waals surface area contributed by atoms with Crippen molar-refractivity contribution in [1.82, 2.24) is 20.3 Å². The van der Waals surface area contributed by atoms with Crippen molar-refractivity contribution in [3.05, 3.63) is 90.0 Å². The van der Waals surface area contributed by atoms with Gasteiger partial charge in [-0.25, -0.2) is 0 Å². The summed E-state index contributed by atoms with van der Waals surface area (Å²) < 4.78 is 11.1. The van der Waals surface area contributed by atoms with Gasteiger partial charge in [0.05, 0.1) is 26.4 Å². The minimum atomic E-state index is -0.519. The third-order valence-corrected chi connectivity index (χ3v) is 5.65. The lowest BCUT2D eigenvalue weighted by Crippen LogP contribution is -2.27. The molecule has 0 bridgehead atoms. The molecule has 0 aliphatic rings. The minimum Gasteiger partial charge on any atom is -0.508 e. The van der Waals surface area contributed by atoms with Gasteiger partial charge in [0.15, 0.2) is 0 Å². The van der Waals surface area contributed by atoms with Crippen molar-refractivity contribution >= 4 is 41.0 Å². The summed E-state index contributed by atoms with van der Waals surface area (Å²) in [5.41, 5.74) is 7.63. The first kappa shape index (κ1) is 33.2. The lowest BCUT2D eigenvalue weighted by atomic mass is 10.2. The van der Waals surface area contributed by atoms with E-state index in [4.69, 9.17) is 15.2 Å². The van der Waals surface area contributed by atoms with Crippen LogP contribution in [0.4, 0.5) is 29.2 Å². The maximum Gasteiger partial charge on any atom is 0.251 e. The largest absolute Gasteiger partial charge is 0.508 e. The van der Waals surface area contributed by atoms with Crippen LogP contribution in [0.2, 0.25) is 0 Å². The fraction of sp³-hybridized carbons (Fsp3) is 0.258. The van der Waals surface area contributed by atoms with Crippen LogP contribution in [0.1, 0.15) is 34.6 Å². The number of hydrogen-bond donors (Lipinski definition) is 6. The van der Waals surface area contributed by atoms with E-state index >= 15 is 0 Å². The van der Waals surface area contributed by atoms with E-state index in [2.05, 4.69) is 36.2 Å². The Balaban J connectivity index is 0.00000259. The van der Waals surface area contributed by atoms with Crippen LogP contribution in [0, 0.1) is 0 Å². The van der Waals surface area contributed by atoms with Gasteiger partial charge in [0.25, 0.3) is 5.91 Å². The molecule has 1 heterocycles. The summed E-state index contributed by atoms with van der Waals surface area (Å²) in [4.78, 5) is 36.6. The van der Waals surface area contributed by atoms with Crippen LogP contribution in [0.15, 0.2) is 78.9 Å². The second-order valence-corrected chi connectivity index (χ2v) is 8.82. The molecular formula is C31H38N8O5. The van der Waals surface area contributed by atoms with Crippen LogP contribution in [0.3, 0.4) is 0 Å². The van der Waals surface area contributed by atoms with Crippen LogP contribution in [0.5, 0.6) is 5.75 Å². The highest BCUT2D eigenvalue weighted by atomic mass is 16.5. The number of phenolic OH excluding ortho intramolecular Hbond substituents is 1. The number of ether oxygens (including phenoxy) is 2. The van der Waals surface area contributed by atoms with Crippen LogP contribution >= 0.6 is 0 Å². The number of phenols is 1. The zero-order valence-corrected chi connectivity index (χ0v) is 24.7. The first-order chi connectivity index (χ1) is 21.5. The average Bonchev–Trinajstić information content (AvgIpc) is 3.04. The predicted molar refractivity (Wildman–Crippen MR) is 170 cm³/mol. The molecule has 0 spiro atoms. The maximum absolute atomic E-state index is 12.0. The van der Waals surface area contributed by atoms with Gasteiger partial charge in [0.1, 0.15) is 5.75 Å². The van der Waals surface area contributed by atoms with Crippen LogP contribution < -0.4 is 27.0 Å². The van der Waals surface area contributed by atoms with Gasteiger partial charge in [-0.05, 0) is 60.7 Å². The van der Waals surface area contributed by atoms with Crippen molar-refractivity contribution in [2.24, 2.45) is 5.73 Å². The first-order valence-corrected chi connectivity index (χ1v) is 14.2. The summed E-state index contributed by atoms with van der Waals surface area (Å²) in [6.07, 6.45) is 0. The average molecular weight is 603 g/mol. The lowest BCUT2D eigenvalue weighted by molar-refractivity contribution is 0.0519. The molecule has 0 atom stereocenters. The van der Waals surface area contributed by atoms with Gasteiger partial charge >= 0.3 is 0 Å². The van der Waals surface area contributed by atoms with Gasteiger partial charge in [-0.3, -0.25) is 9.59 Å². The summed E-state index contributed by atoms with van der Waals surface area (Å²) >= 11 is 0. The minimum absolute atomic E-state index is 0.138. The maximum atomic E-state index is 12.0. The zero-order valence-electron chi connectivity index (χ0n) is 24.7. The Labute approximate surface area is 256 Å². The third-order valence-electron chi connectivity index (χ3n) is 5.65. The molecule has 0 radical (unpaired) electrons. The summed E-state index contributed by atoms with van der Waals surface area (Å²) in [5, 5.41) is 21.6. The molecular weight excluding hydrogens is 564 g/mol. The Morgan fingerprint density at radius 3 is 1.77 bits per heavy atom. The van der Waals surface area contributed by atoms with Crippen molar-refractivity contribution < 1.29 is 24.2 Å². The van der Waals surface area contributed by atoms with Crippen LogP contribution in [-0.2, 0) is 9.47 Å². The Kier molecular flexibility index (Phi) is 13.8. The van der Waals surface area contributed by atoms with E-state index in [9.17, 15) is 14.7 Å². The molecule has 2 amide bonds. The number of hydrogen-bond acceptors (Lipinski definition) is 11. The summed E-state index contributed by atoms with van der Waals surface area (Å²) in [6, 6.07) is 22.1. The molecule has 0 fully saturated rings. The smallest absolute Gasteiger partial charge is 0.251 e. The highest BCUT2D eigenvalue weighted by Crippen LogP contribution is 2.20. The second kappa shape index (κ2) is 18.3. The quantitative estimate of drug-likeness (QED) is 0.0802. The molecule has 0 saturated heterocycles. The molecule has 44 heavy (non-hydrogen) atoms. The fourth-order valence-corrected chi connectivity index (χ4v) is 3.57. The molecule has 13 nitrogen and oxygen atoms in total. The van der Waals surface area contributed by atoms with Gasteiger partial charge in [-0.2, -0.15) is 15.0 Å². The molecule has 3 aromatic carbocycles. The van der Waals surface area contributed by atoms with Crippen LogP contribution in [-0.4, -0.2) is 71.4 Å². The zero-order chi connectivity index (χ0) is 31.6. The highest BCUT2D eigenvalue weighted by Gasteiger charge is 2.09. The molecule has 7 N–H and O–H groups in total. The summed E-state index contributed by atoms with van der Waals surface area (Å²) in [5.74, 6) is 0.310. The Bertz CT molecular complexity index is 1440. The molecule has 0 saturated carbocycles. The van der Waals surface area contributed by atoms with Gasteiger partial charge in [0.2, 0.25) is 23.8 Å². The third kappa shape index (κ3) is 11.5. The molecule has 13 heteroatoms. The number of carbonyl (C=O) groups is 2. The Morgan fingerprint density at radius 2 is 1.20 bits per heavy atom. The van der Waals surface area contributed by atoms with Crippen LogP contribution in [0.25, 0.3) is 0 Å². The number of benzene rings is 3. The van der Waals surface area contributed by atoms with Gasteiger partial charge in [-0.15, -0.1) is 0 Å². The lowest BCUT2D eigenvalue weighted by Gasteiger charge is -2.12. The number of aromatic nitrogens is 3. The summed E-state index contributed by atoms with van der Waals surface area (Å²) in [6.45, 7) is 6.34. The van der Waals surface area contributed by atoms with Crippen molar-refractivity contribution in [3.8, 4) is 5.75 Å². The number of aromatic hydroxyl groups is 1. The Hall–Kier alpha value is -5.27. The number of rotatable bonds is 16. The molecule has 0 aliphatic carbocycles. The number of anilines is 5. The van der Waals surface area contributed by atoms with Crippen molar-refractivity contribution in [3.63, 3.8) is 0 Å². The topological polar surface area (TPSA) is 186 Å². The number of nitrogens with one attached hydrogen (secondary N) is 4. The number of carbonyl (C=O) groups excluding carboxylic acids is 2. The predicted octanol–water partition coefficient (Wildman–Crippen LogP) is 4.06. The van der Waals surface area contributed by atoms with E-state index in [1.165, 1.54) is 0 Å². The fourth-order valence-electron chi connectivity index (χ4n) is 3.57. The van der Waals surface area contributed by atoms with Gasteiger partial charge in [0, 0.05) is 35.6 Å². The number of primary amides is 1. The molecule has 4 rings (SSSR count). The first-order valence-electron chi connectivity index (χ1n) is 14.2. The van der Waals surface area contributed by atoms with Crippen molar-refractivity contribution in [2.45, 2.75) is 13.8 Å². The molecule has 0 unspecified atom stereocenters. The molecule has 1 aromatic heterocycles. The molecule has 0 aliphatic heterocycles. The van der Waals surface area contributed by atoms with E-state index < -0.39 is 5.91 Å². The standard InChI is InChI=1S/C29H32N8O5.C2H6/c30-25(39)20-6-8-22(9-7-20)33-28-35-27(36-29(37-28)34-23-10-12-24(38)13-11-23)32-15-17-42-19-18-41-16-14-31-26(40)21-4-2-1-3-5-21;1-2/h1-13,38H,14-19H2,(H2,30,39)(H,31,40)(H3,32,33,34,35,36,37);1-2H3. The normalized spacial score (nSPS) is 10.2. The second-order valence-electron chi connectivity index (χ2n) is 8.82. The van der Waals surface area contributed by atoms with E-state index in [0.717, 1.165) is 0 Å². The summed E-state index contributed by atoms with van der Waals surface area (Å²) in [7, 11) is 0. The van der Waals surface area contributed by atoms with E-state index in [1.807, 2.05) is 32.0 Å². The molecule has 4 aromatic rings. The van der Waals surface area contributed by atoms with Gasteiger partial charge in [-0.1, -0.05) is 32.0 Å². The van der Waals surface area contributed by atoms with Gasteiger partial charge < -0.3 is 41.6 Å². The van der Waals surface area contributed by atoms with E-state index in [0.29, 0.717) is 68.0 Å². The van der Waals surface area contributed by atoms with E-state index in [1.54, 1.807) is 60.7 Å². The van der Waals surface area contributed by atoms with Crippen molar-refractivity contribution in [1.29, 1.82) is 0 Å². The number of nitrogens with zero attached hydrogens (tertiary/aromatic N) is 3. The number of amides is 2. The Morgan fingerprint density at radius 1 is 0.682 bits per heavy atom. The number of nitrogens with two attached hydrogens (primary N) is 1. The highest BCUT2D eigenvalue weighted by molar-refractivity contribution is 5.94.